The molecule has 23 heavy (non-hydrogen) atoms. The molecule has 0 N–H and O–H groups in total. The number of hydrogen-bond acceptors (Lipinski definition) is 3. The molecule has 1 aromatic carbocycles. The number of rotatable bonds is 5. The van der Waals surface area contributed by atoms with Crippen molar-refractivity contribution in [2.45, 2.75) is 32.1 Å². The maximum atomic E-state index is 6.15. The summed E-state index contributed by atoms with van der Waals surface area (Å²) in [6.45, 7) is 4.22. The van der Waals surface area contributed by atoms with Crippen LogP contribution in [0.3, 0.4) is 0 Å². The zero-order valence-corrected chi connectivity index (χ0v) is 13.8. The molecule has 0 spiro atoms. The third kappa shape index (κ3) is 3.48. The van der Waals surface area contributed by atoms with Crippen molar-refractivity contribution >= 4 is 0 Å². The summed E-state index contributed by atoms with van der Waals surface area (Å²) >= 11 is 0. The highest BCUT2D eigenvalue weighted by atomic mass is 16.5. The van der Waals surface area contributed by atoms with Crippen molar-refractivity contribution in [2.75, 3.05) is 13.1 Å². The number of hydrogen-bond donors (Lipinski definition) is 0. The van der Waals surface area contributed by atoms with E-state index in [9.17, 15) is 0 Å². The van der Waals surface area contributed by atoms with E-state index >= 15 is 0 Å². The molecular formula is C19H25N3O. The number of fused-ring (bicyclic) bond motifs is 1. The van der Waals surface area contributed by atoms with E-state index in [1.807, 2.05) is 17.9 Å². The molecule has 2 heterocycles. The number of nitrogens with zero attached hydrogens (tertiary/aromatic N) is 3. The second kappa shape index (κ2) is 6.46. The number of ether oxygens (including phenoxy) is 1. The van der Waals surface area contributed by atoms with Gasteiger partial charge in [0.25, 0.3) is 0 Å². The molecule has 4 heteroatoms. The number of benzene rings is 1. The third-order valence-corrected chi connectivity index (χ3v) is 5.28. The molecule has 2 aromatic rings. The van der Waals surface area contributed by atoms with Gasteiger partial charge in [0.1, 0.15) is 0 Å². The first-order valence-corrected chi connectivity index (χ1v) is 8.61. The Morgan fingerprint density at radius 1 is 1.09 bits per heavy atom. The van der Waals surface area contributed by atoms with E-state index in [2.05, 4.69) is 46.5 Å². The Labute approximate surface area is 138 Å². The van der Waals surface area contributed by atoms with Gasteiger partial charge < -0.3 is 4.74 Å². The van der Waals surface area contributed by atoms with E-state index in [1.54, 1.807) is 0 Å². The monoisotopic (exact) mass is 311 g/mol. The second-order valence-corrected chi connectivity index (χ2v) is 7.13. The highest BCUT2D eigenvalue weighted by Crippen LogP contribution is 2.40. The van der Waals surface area contributed by atoms with Gasteiger partial charge in [0.05, 0.1) is 18.9 Å². The minimum Gasteiger partial charge on any atom is -0.374 e. The van der Waals surface area contributed by atoms with Crippen LogP contribution in [-0.4, -0.2) is 33.9 Å². The number of likely N-dealkylation sites (tertiary alicyclic amines) is 1. The molecule has 4 nitrogen and oxygen atoms in total. The second-order valence-electron chi connectivity index (χ2n) is 7.13. The summed E-state index contributed by atoms with van der Waals surface area (Å²) in [5.74, 6) is 1.62. The molecule has 1 saturated heterocycles. The Balaban J connectivity index is 1.25. The van der Waals surface area contributed by atoms with Crippen molar-refractivity contribution < 1.29 is 4.74 Å². The summed E-state index contributed by atoms with van der Waals surface area (Å²) in [4.78, 5) is 2.58. The summed E-state index contributed by atoms with van der Waals surface area (Å²) in [6.07, 6.45) is 7.01. The summed E-state index contributed by atoms with van der Waals surface area (Å²) in [5, 5.41) is 4.27. The Kier molecular flexibility index (Phi) is 4.19. The fourth-order valence-corrected chi connectivity index (χ4v) is 4.21. The summed E-state index contributed by atoms with van der Waals surface area (Å²) in [6, 6.07) is 10.5. The van der Waals surface area contributed by atoms with E-state index < -0.39 is 0 Å². The molecule has 1 aliphatic carbocycles. The van der Waals surface area contributed by atoms with E-state index in [1.165, 1.54) is 37.1 Å². The van der Waals surface area contributed by atoms with Gasteiger partial charge in [0.2, 0.25) is 0 Å². The molecule has 2 aliphatic rings. The van der Waals surface area contributed by atoms with Crippen LogP contribution in [0.5, 0.6) is 0 Å². The molecule has 1 aliphatic heterocycles. The smallest absolute Gasteiger partial charge is 0.0720 e. The lowest BCUT2D eigenvalue weighted by Crippen LogP contribution is -2.23. The minimum atomic E-state index is 0.450. The molecule has 4 rings (SSSR count). The zero-order chi connectivity index (χ0) is 15.6. The van der Waals surface area contributed by atoms with E-state index in [-0.39, 0.29) is 0 Å². The van der Waals surface area contributed by atoms with E-state index in [0.717, 1.165) is 25.0 Å². The fourth-order valence-electron chi connectivity index (χ4n) is 4.21. The molecule has 2 fully saturated rings. The Morgan fingerprint density at radius 2 is 1.83 bits per heavy atom. The highest BCUT2D eigenvalue weighted by Gasteiger charge is 2.41. The van der Waals surface area contributed by atoms with Gasteiger partial charge in [0.15, 0.2) is 0 Å². The first-order valence-electron chi connectivity index (χ1n) is 8.61. The lowest BCUT2D eigenvalue weighted by molar-refractivity contribution is 0.0374. The van der Waals surface area contributed by atoms with Gasteiger partial charge in [-0.1, -0.05) is 30.3 Å². The van der Waals surface area contributed by atoms with Crippen molar-refractivity contribution in [3.05, 3.63) is 53.9 Å². The number of aromatic nitrogens is 2. The summed E-state index contributed by atoms with van der Waals surface area (Å²) < 4.78 is 8.04. The van der Waals surface area contributed by atoms with Gasteiger partial charge in [-0.2, -0.15) is 5.10 Å². The van der Waals surface area contributed by atoms with Crippen LogP contribution in [0.1, 0.15) is 24.0 Å². The first-order chi connectivity index (χ1) is 11.3. The molecule has 1 aromatic heterocycles. The number of aryl methyl sites for hydroxylation is 1. The predicted molar refractivity (Wildman–Crippen MR) is 89.7 cm³/mol. The Bertz CT molecular complexity index is 625. The maximum absolute atomic E-state index is 6.15. The van der Waals surface area contributed by atoms with Crippen LogP contribution >= 0.6 is 0 Å². The predicted octanol–water partition coefficient (Wildman–Crippen LogP) is 2.85. The normalized spacial score (nSPS) is 27.4. The lowest BCUT2D eigenvalue weighted by Gasteiger charge is -2.18. The SMILES string of the molecule is Cn1cc(CN2C[C@H]3CC(OCc4ccccc4)C[C@H]3C2)cn1. The largest absolute Gasteiger partial charge is 0.374 e. The van der Waals surface area contributed by atoms with Gasteiger partial charge in [-0.25, -0.2) is 0 Å². The van der Waals surface area contributed by atoms with Gasteiger partial charge in [-0.3, -0.25) is 9.58 Å². The van der Waals surface area contributed by atoms with Gasteiger partial charge >= 0.3 is 0 Å². The zero-order valence-electron chi connectivity index (χ0n) is 13.8. The fraction of sp³-hybridized carbons (Fsp3) is 0.526. The Morgan fingerprint density at radius 3 is 2.48 bits per heavy atom. The van der Waals surface area contributed by atoms with Crippen LogP contribution in [0.2, 0.25) is 0 Å². The standard InChI is InChI=1S/C19H25N3O/c1-21-10-16(9-20-21)11-22-12-17-7-19(8-18(17)13-22)23-14-15-5-3-2-4-6-15/h2-6,9-10,17-19H,7-8,11-14H2,1H3/t17-,18+,19?. The summed E-state index contributed by atoms with van der Waals surface area (Å²) in [5.41, 5.74) is 2.60. The van der Waals surface area contributed by atoms with Crippen molar-refractivity contribution in [3.63, 3.8) is 0 Å². The average Bonchev–Trinajstić information content (AvgIpc) is 3.21. The van der Waals surface area contributed by atoms with Gasteiger partial charge in [-0.05, 0) is 30.2 Å². The van der Waals surface area contributed by atoms with Crippen molar-refractivity contribution in [1.82, 2.24) is 14.7 Å². The van der Waals surface area contributed by atoms with Crippen LogP contribution < -0.4 is 0 Å². The van der Waals surface area contributed by atoms with Crippen molar-refractivity contribution in [2.24, 2.45) is 18.9 Å². The van der Waals surface area contributed by atoms with Gasteiger partial charge in [0, 0.05) is 38.4 Å². The van der Waals surface area contributed by atoms with Crippen molar-refractivity contribution in [3.8, 4) is 0 Å². The summed E-state index contributed by atoms with van der Waals surface area (Å²) in [7, 11) is 1.98. The van der Waals surface area contributed by atoms with Crippen LogP contribution in [0.15, 0.2) is 42.7 Å². The molecule has 3 atom stereocenters. The molecule has 0 amide bonds. The Hall–Kier alpha value is -1.65. The molecular weight excluding hydrogens is 286 g/mol. The molecule has 1 unspecified atom stereocenters. The van der Waals surface area contributed by atoms with Crippen molar-refractivity contribution in [1.29, 1.82) is 0 Å². The van der Waals surface area contributed by atoms with Crippen LogP contribution in [0, 0.1) is 11.8 Å². The van der Waals surface area contributed by atoms with Crippen LogP contribution in [-0.2, 0) is 24.9 Å². The van der Waals surface area contributed by atoms with E-state index in [0.29, 0.717) is 6.10 Å². The highest BCUT2D eigenvalue weighted by molar-refractivity contribution is 5.13. The third-order valence-electron chi connectivity index (χ3n) is 5.28. The molecule has 0 radical (unpaired) electrons. The average molecular weight is 311 g/mol. The lowest BCUT2D eigenvalue weighted by atomic mass is 10.0. The molecule has 1 saturated carbocycles. The van der Waals surface area contributed by atoms with Gasteiger partial charge in [-0.15, -0.1) is 0 Å². The van der Waals surface area contributed by atoms with Crippen LogP contribution in [0.4, 0.5) is 0 Å². The molecule has 0 bridgehead atoms. The topological polar surface area (TPSA) is 30.3 Å². The molecule has 122 valence electrons. The first kappa shape index (κ1) is 14.9. The van der Waals surface area contributed by atoms with Crippen LogP contribution in [0.25, 0.3) is 0 Å². The quantitative estimate of drug-likeness (QED) is 0.850. The minimum absolute atomic E-state index is 0.450. The maximum Gasteiger partial charge on any atom is 0.0720 e. The van der Waals surface area contributed by atoms with E-state index in [4.69, 9.17) is 4.74 Å².